The van der Waals surface area contributed by atoms with E-state index in [2.05, 4.69) is 10.6 Å². The van der Waals surface area contributed by atoms with Gasteiger partial charge >= 0.3 is 0 Å². The fourth-order valence-corrected chi connectivity index (χ4v) is 5.20. The van der Waals surface area contributed by atoms with Gasteiger partial charge in [-0.2, -0.15) is 0 Å². The van der Waals surface area contributed by atoms with Gasteiger partial charge in [0.15, 0.2) is 0 Å². The first-order valence-corrected chi connectivity index (χ1v) is 11.4. The summed E-state index contributed by atoms with van der Waals surface area (Å²) in [6, 6.07) is 5.04. The summed E-state index contributed by atoms with van der Waals surface area (Å²) in [5.41, 5.74) is 1.56. The van der Waals surface area contributed by atoms with Gasteiger partial charge in [-0.1, -0.05) is 6.07 Å². The molecule has 1 aromatic carbocycles. The Labute approximate surface area is 179 Å². The van der Waals surface area contributed by atoms with Crippen molar-refractivity contribution in [3.05, 3.63) is 29.3 Å². The quantitative estimate of drug-likeness (QED) is 0.393. The van der Waals surface area contributed by atoms with Gasteiger partial charge in [0.25, 0.3) is 5.91 Å². The number of rotatable bonds is 6. The van der Waals surface area contributed by atoms with E-state index in [0.29, 0.717) is 24.9 Å². The lowest BCUT2D eigenvalue weighted by molar-refractivity contribution is -0.137. The second-order valence-corrected chi connectivity index (χ2v) is 8.90. The summed E-state index contributed by atoms with van der Waals surface area (Å²) in [4.78, 5) is 53.3. The van der Waals surface area contributed by atoms with Gasteiger partial charge in [-0.25, -0.2) is 0 Å². The van der Waals surface area contributed by atoms with Crippen LogP contribution >= 0.6 is 11.8 Å². The van der Waals surface area contributed by atoms with Crippen LogP contribution in [0.25, 0.3) is 0 Å². The zero-order valence-electron chi connectivity index (χ0n) is 16.8. The molecule has 4 amide bonds. The fourth-order valence-electron chi connectivity index (χ4n) is 4.17. The van der Waals surface area contributed by atoms with E-state index < -0.39 is 11.9 Å². The van der Waals surface area contributed by atoms with Gasteiger partial charge in [-0.3, -0.25) is 24.5 Å². The van der Waals surface area contributed by atoms with E-state index in [9.17, 15) is 19.2 Å². The number of piperidine rings is 1. The van der Waals surface area contributed by atoms with Crippen LogP contribution in [0.1, 0.15) is 41.6 Å². The summed E-state index contributed by atoms with van der Waals surface area (Å²) >= 11 is 1.65. The van der Waals surface area contributed by atoms with Crippen molar-refractivity contribution in [2.75, 3.05) is 31.9 Å². The lowest BCUT2D eigenvalue weighted by atomic mass is 10.0. The maximum Gasteiger partial charge on any atom is 0.255 e. The molecule has 3 aliphatic heterocycles. The van der Waals surface area contributed by atoms with Gasteiger partial charge in [0.2, 0.25) is 17.7 Å². The fraction of sp³-hybridized carbons (Fsp3) is 0.524. The Morgan fingerprint density at radius 2 is 1.97 bits per heavy atom. The maximum absolute atomic E-state index is 12.9. The van der Waals surface area contributed by atoms with E-state index >= 15 is 0 Å². The van der Waals surface area contributed by atoms with Crippen molar-refractivity contribution in [3.63, 3.8) is 0 Å². The minimum Gasteiger partial charge on any atom is -0.340 e. The number of fused-ring (bicyclic) bond motifs is 1. The molecule has 4 rings (SSSR count). The van der Waals surface area contributed by atoms with Gasteiger partial charge in [0.05, 0.1) is 0 Å². The molecule has 3 heterocycles. The van der Waals surface area contributed by atoms with Gasteiger partial charge in [0.1, 0.15) is 6.04 Å². The topological polar surface area (TPSA) is 98.8 Å². The zero-order valence-corrected chi connectivity index (χ0v) is 17.6. The molecule has 1 atom stereocenters. The van der Waals surface area contributed by atoms with Gasteiger partial charge in [-0.05, 0) is 36.3 Å². The summed E-state index contributed by atoms with van der Waals surface area (Å²) in [7, 11) is 0. The molecule has 0 saturated carbocycles. The van der Waals surface area contributed by atoms with Gasteiger partial charge < -0.3 is 15.1 Å². The highest BCUT2D eigenvalue weighted by Crippen LogP contribution is 2.34. The highest BCUT2D eigenvalue weighted by Gasteiger charge is 2.39. The minimum atomic E-state index is -0.600. The molecule has 3 aliphatic rings. The Bertz CT molecular complexity index is 869. The predicted molar refractivity (Wildman–Crippen MR) is 112 cm³/mol. The van der Waals surface area contributed by atoms with Crippen molar-refractivity contribution in [2.24, 2.45) is 0 Å². The molecule has 160 valence electrons. The van der Waals surface area contributed by atoms with Crippen molar-refractivity contribution < 1.29 is 19.2 Å². The molecule has 0 radical (unpaired) electrons. The summed E-state index contributed by atoms with van der Waals surface area (Å²) in [5, 5.41) is 5.58. The van der Waals surface area contributed by atoms with Crippen LogP contribution in [0, 0.1) is 0 Å². The van der Waals surface area contributed by atoms with Crippen molar-refractivity contribution in [1.29, 1.82) is 0 Å². The molecule has 9 heteroatoms. The monoisotopic (exact) mass is 430 g/mol. The zero-order chi connectivity index (χ0) is 21.1. The molecular weight excluding hydrogens is 404 g/mol. The molecule has 2 fully saturated rings. The van der Waals surface area contributed by atoms with E-state index in [1.165, 1.54) is 0 Å². The van der Waals surface area contributed by atoms with Gasteiger partial charge in [0, 0.05) is 56.0 Å². The normalized spacial score (nSPS) is 21.6. The third-order valence-corrected chi connectivity index (χ3v) is 6.99. The second kappa shape index (κ2) is 9.18. The molecule has 2 N–H and O–H groups in total. The van der Waals surface area contributed by atoms with Crippen molar-refractivity contribution in [2.45, 2.75) is 43.2 Å². The Morgan fingerprint density at radius 1 is 1.17 bits per heavy atom. The van der Waals surface area contributed by atoms with E-state index in [4.69, 9.17) is 0 Å². The molecule has 0 bridgehead atoms. The Balaban J connectivity index is 1.34. The van der Waals surface area contributed by atoms with E-state index in [0.717, 1.165) is 48.8 Å². The van der Waals surface area contributed by atoms with Crippen LogP contribution in [-0.2, 0) is 20.9 Å². The van der Waals surface area contributed by atoms with Crippen molar-refractivity contribution in [3.8, 4) is 0 Å². The number of carbonyl (C=O) groups excluding carboxylic acids is 4. The summed E-state index contributed by atoms with van der Waals surface area (Å²) in [5.74, 6) is 0.159. The molecule has 1 unspecified atom stereocenters. The average Bonchev–Trinajstić information content (AvgIpc) is 3.09. The Hall–Kier alpha value is -2.39. The van der Waals surface area contributed by atoms with Crippen LogP contribution in [0.4, 0.5) is 0 Å². The molecule has 0 spiro atoms. The molecule has 0 aliphatic carbocycles. The molecule has 0 aromatic heterocycles. The van der Waals surface area contributed by atoms with E-state index in [-0.39, 0.29) is 24.1 Å². The number of benzene rings is 1. The number of amides is 4. The highest BCUT2D eigenvalue weighted by atomic mass is 32.2. The molecular formula is C21H26N4O4S. The molecule has 30 heavy (non-hydrogen) atoms. The first-order valence-electron chi connectivity index (χ1n) is 10.4. The Kier molecular flexibility index (Phi) is 6.38. The molecule has 2 saturated heterocycles. The SMILES string of the molecule is O=C1CCC(N2Cc3c(SCCCC(=O)N4CCNCC4)cccc3C2=O)C(=O)N1. The number of nitrogens with zero attached hydrogens (tertiary/aromatic N) is 2. The lowest BCUT2D eigenvalue weighted by Crippen LogP contribution is -2.52. The third-order valence-electron chi connectivity index (χ3n) is 5.80. The standard InChI is InChI=1S/C21H26N4O4S/c26-18-7-6-16(20(28)23-18)25-13-15-14(21(25)29)3-1-4-17(15)30-12-2-5-19(27)24-10-8-22-9-11-24/h1,3-4,16,22H,2,5-13H2,(H,23,26,28). The van der Waals surface area contributed by atoms with Gasteiger partial charge in [-0.15, -0.1) is 11.8 Å². The van der Waals surface area contributed by atoms with Crippen LogP contribution in [0.5, 0.6) is 0 Å². The number of piperazine rings is 1. The first kappa shape index (κ1) is 20.9. The smallest absolute Gasteiger partial charge is 0.255 e. The lowest BCUT2D eigenvalue weighted by Gasteiger charge is -2.29. The maximum atomic E-state index is 12.9. The average molecular weight is 431 g/mol. The number of imide groups is 1. The first-order chi connectivity index (χ1) is 14.5. The number of hydrogen-bond donors (Lipinski definition) is 2. The van der Waals surface area contributed by atoms with Crippen LogP contribution in [-0.4, -0.2) is 71.4 Å². The minimum absolute atomic E-state index is 0.157. The molecule has 8 nitrogen and oxygen atoms in total. The van der Waals surface area contributed by atoms with Crippen LogP contribution < -0.4 is 10.6 Å². The van der Waals surface area contributed by atoms with E-state index in [1.807, 2.05) is 17.0 Å². The second-order valence-electron chi connectivity index (χ2n) is 7.77. The largest absolute Gasteiger partial charge is 0.340 e. The molecule has 1 aromatic rings. The summed E-state index contributed by atoms with van der Waals surface area (Å²) < 4.78 is 0. The van der Waals surface area contributed by atoms with Crippen LogP contribution in [0.3, 0.4) is 0 Å². The summed E-state index contributed by atoms with van der Waals surface area (Å²) in [6.07, 6.45) is 1.92. The highest BCUT2D eigenvalue weighted by molar-refractivity contribution is 7.99. The van der Waals surface area contributed by atoms with Crippen LogP contribution in [0.15, 0.2) is 23.1 Å². The van der Waals surface area contributed by atoms with E-state index in [1.54, 1.807) is 22.7 Å². The third kappa shape index (κ3) is 4.37. The van der Waals surface area contributed by atoms with Crippen molar-refractivity contribution >= 4 is 35.4 Å². The number of thioether (sulfide) groups is 1. The summed E-state index contributed by atoms with van der Waals surface area (Å²) in [6.45, 7) is 3.64. The van der Waals surface area contributed by atoms with Crippen molar-refractivity contribution in [1.82, 2.24) is 20.4 Å². The predicted octanol–water partition coefficient (Wildman–Crippen LogP) is 0.752. The number of hydrogen-bond acceptors (Lipinski definition) is 6. The number of carbonyl (C=O) groups is 4. The Morgan fingerprint density at radius 3 is 2.73 bits per heavy atom. The van der Waals surface area contributed by atoms with Crippen LogP contribution in [0.2, 0.25) is 0 Å². The number of nitrogens with one attached hydrogen (secondary N) is 2.